The highest BCUT2D eigenvalue weighted by Crippen LogP contribution is 2.17. The van der Waals surface area contributed by atoms with E-state index in [1.165, 1.54) is 6.33 Å². The Bertz CT molecular complexity index is 494. The van der Waals surface area contributed by atoms with E-state index in [9.17, 15) is 0 Å². The molecule has 0 bridgehead atoms. The number of rotatable bonds is 3. The fraction of sp³-hybridized carbons (Fsp3) is 0.455. The fourth-order valence-corrected chi connectivity index (χ4v) is 1.40. The van der Waals surface area contributed by atoms with Gasteiger partial charge in [0.2, 0.25) is 6.73 Å². The van der Waals surface area contributed by atoms with Crippen molar-refractivity contribution in [1.82, 2.24) is 24.3 Å². The normalized spacial score (nSPS) is 12.7. The van der Waals surface area contributed by atoms with Crippen molar-refractivity contribution in [1.29, 1.82) is 0 Å². The zero-order valence-electron chi connectivity index (χ0n) is 10.7. The highest BCUT2D eigenvalue weighted by atomic mass is 16.6. The van der Waals surface area contributed by atoms with Gasteiger partial charge in [0.05, 0.1) is 0 Å². The lowest BCUT2D eigenvalue weighted by atomic mass is 9.95. The Morgan fingerprint density at radius 3 is 2.67 bits per heavy atom. The third kappa shape index (κ3) is 2.93. The van der Waals surface area contributed by atoms with Crippen LogP contribution in [0.4, 0.5) is 0 Å². The first-order valence-electron chi connectivity index (χ1n) is 5.58. The predicted molar refractivity (Wildman–Crippen MR) is 65.6 cm³/mol. The topological polar surface area (TPSA) is 70.1 Å². The van der Waals surface area contributed by atoms with Crippen LogP contribution in [0.15, 0.2) is 36.5 Å². The van der Waals surface area contributed by atoms with Crippen molar-refractivity contribution >= 4 is 5.84 Å². The zero-order valence-corrected chi connectivity index (χ0v) is 10.7. The van der Waals surface area contributed by atoms with Gasteiger partial charge in [-0.1, -0.05) is 25.9 Å². The molecule has 0 atom stereocenters. The van der Waals surface area contributed by atoms with Gasteiger partial charge in [0.15, 0.2) is 5.84 Å². The lowest BCUT2D eigenvalue weighted by Crippen LogP contribution is -2.27. The van der Waals surface area contributed by atoms with Crippen molar-refractivity contribution in [2.24, 2.45) is 10.6 Å². The zero-order chi connectivity index (χ0) is 13.0. The summed E-state index contributed by atoms with van der Waals surface area (Å²) in [6.07, 6.45) is 8.27. The summed E-state index contributed by atoms with van der Waals surface area (Å²) in [5.41, 5.74) is -0.150. The second-order valence-corrected chi connectivity index (χ2v) is 4.83. The molecular formula is C11H16N6O. The van der Waals surface area contributed by atoms with E-state index in [0.29, 0.717) is 0 Å². The first-order valence-corrected chi connectivity index (χ1v) is 5.58. The number of hydrogen-bond acceptors (Lipinski definition) is 5. The van der Waals surface area contributed by atoms with Gasteiger partial charge in [0, 0.05) is 17.8 Å². The lowest BCUT2D eigenvalue weighted by molar-refractivity contribution is 0.0721. The van der Waals surface area contributed by atoms with Crippen LogP contribution in [0.5, 0.6) is 0 Å². The van der Waals surface area contributed by atoms with Crippen LogP contribution in [0.3, 0.4) is 0 Å². The molecular weight excluding hydrogens is 232 g/mol. The Labute approximate surface area is 105 Å². The Kier molecular flexibility index (Phi) is 3.40. The molecule has 0 fully saturated rings. The molecule has 2 aromatic heterocycles. The molecule has 2 rings (SSSR count). The molecule has 0 aliphatic heterocycles. The molecule has 0 radical (unpaired) electrons. The minimum absolute atomic E-state index is 0.150. The third-order valence-electron chi connectivity index (χ3n) is 2.23. The van der Waals surface area contributed by atoms with E-state index in [-0.39, 0.29) is 12.1 Å². The summed E-state index contributed by atoms with van der Waals surface area (Å²) in [7, 11) is 0. The number of imidazole rings is 1. The van der Waals surface area contributed by atoms with Gasteiger partial charge in [-0.25, -0.2) is 14.6 Å². The van der Waals surface area contributed by atoms with Crippen LogP contribution in [-0.2, 0) is 11.6 Å². The molecule has 0 amide bonds. The first-order chi connectivity index (χ1) is 8.57. The lowest BCUT2D eigenvalue weighted by Gasteiger charge is -2.20. The SMILES string of the molecule is CC(C)(C)C(=NOCn1cncn1)n1ccnc1. The molecule has 0 aliphatic carbocycles. The Morgan fingerprint density at radius 2 is 2.11 bits per heavy atom. The van der Waals surface area contributed by atoms with Gasteiger partial charge < -0.3 is 4.84 Å². The third-order valence-corrected chi connectivity index (χ3v) is 2.23. The molecule has 0 spiro atoms. The second kappa shape index (κ2) is 4.99. The van der Waals surface area contributed by atoms with E-state index in [1.54, 1.807) is 23.5 Å². The molecule has 0 N–H and O–H groups in total. The summed E-state index contributed by atoms with van der Waals surface area (Å²) < 4.78 is 3.39. The summed E-state index contributed by atoms with van der Waals surface area (Å²) in [6.45, 7) is 6.41. The molecule has 2 aromatic rings. The van der Waals surface area contributed by atoms with E-state index in [0.717, 1.165) is 5.84 Å². The van der Waals surface area contributed by atoms with Crippen LogP contribution < -0.4 is 0 Å². The quantitative estimate of drug-likeness (QED) is 0.467. The summed E-state index contributed by atoms with van der Waals surface area (Å²) >= 11 is 0. The first kappa shape index (κ1) is 12.3. The van der Waals surface area contributed by atoms with Gasteiger partial charge in [0.25, 0.3) is 0 Å². The molecule has 0 saturated heterocycles. The average molecular weight is 248 g/mol. The molecule has 0 saturated carbocycles. The standard InChI is InChI=1S/C11H16N6O/c1-11(2,3)10(16-5-4-12-7-16)15-18-9-17-8-13-6-14-17/h4-8H,9H2,1-3H3. The molecule has 0 unspecified atom stereocenters. The van der Waals surface area contributed by atoms with Gasteiger partial charge in [-0.3, -0.25) is 4.57 Å². The summed E-state index contributed by atoms with van der Waals surface area (Å²) in [4.78, 5) is 13.1. The Hall–Kier alpha value is -2.18. The van der Waals surface area contributed by atoms with Crippen molar-refractivity contribution in [2.75, 3.05) is 0 Å². The average Bonchev–Trinajstić information content (AvgIpc) is 2.95. The largest absolute Gasteiger partial charge is 0.370 e. The maximum absolute atomic E-state index is 5.29. The van der Waals surface area contributed by atoms with Crippen molar-refractivity contribution in [3.8, 4) is 0 Å². The molecule has 7 nitrogen and oxygen atoms in total. The van der Waals surface area contributed by atoms with Gasteiger partial charge in [-0.15, -0.1) is 0 Å². The van der Waals surface area contributed by atoms with E-state index in [2.05, 4.69) is 41.0 Å². The van der Waals surface area contributed by atoms with Gasteiger partial charge >= 0.3 is 0 Å². The van der Waals surface area contributed by atoms with Gasteiger partial charge in [-0.05, 0) is 0 Å². The van der Waals surface area contributed by atoms with E-state index in [1.807, 2.05) is 10.8 Å². The predicted octanol–water partition coefficient (Wildman–Crippen LogP) is 1.36. The van der Waals surface area contributed by atoms with E-state index in [4.69, 9.17) is 4.84 Å². The molecule has 0 aromatic carbocycles. The number of nitrogens with zero attached hydrogens (tertiary/aromatic N) is 6. The van der Waals surface area contributed by atoms with Crippen LogP contribution in [-0.4, -0.2) is 30.2 Å². The maximum atomic E-state index is 5.29. The molecule has 2 heterocycles. The van der Waals surface area contributed by atoms with E-state index >= 15 is 0 Å². The van der Waals surface area contributed by atoms with Crippen molar-refractivity contribution in [3.05, 3.63) is 31.4 Å². The van der Waals surface area contributed by atoms with Crippen LogP contribution in [0, 0.1) is 5.41 Å². The van der Waals surface area contributed by atoms with Crippen molar-refractivity contribution in [2.45, 2.75) is 27.5 Å². The van der Waals surface area contributed by atoms with Gasteiger partial charge in [0.1, 0.15) is 19.0 Å². The molecule has 0 aliphatic rings. The highest BCUT2D eigenvalue weighted by molar-refractivity contribution is 5.88. The Morgan fingerprint density at radius 1 is 1.28 bits per heavy atom. The highest BCUT2D eigenvalue weighted by Gasteiger charge is 2.21. The number of oxime groups is 1. The number of aromatic nitrogens is 5. The summed E-state index contributed by atoms with van der Waals surface area (Å²) in [6, 6.07) is 0. The van der Waals surface area contributed by atoms with Crippen LogP contribution >= 0.6 is 0 Å². The van der Waals surface area contributed by atoms with Crippen LogP contribution in [0.2, 0.25) is 0 Å². The second-order valence-electron chi connectivity index (χ2n) is 4.83. The summed E-state index contributed by atoms with van der Waals surface area (Å²) in [5.74, 6) is 0.778. The minimum Gasteiger partial charge on any atom is -0.370 e. The van der Waals surface area contributed by atoms with Crippen molar-refractivity contribution < 1.29 is 4.84 Å². The monoisotopic (exact) mass is 248 g/mol. The van der Waals surface area contributed by atoms with E-state index < -0.39 is 0 Å². The molecule has 96 valence electrons. The van der Waals surface area contributed by atoms with Crippen molar-refractivity contribution in [3.63, 3.8) is 0 Å². The van der Waals surface area contributed by atoms with Crippen LogP contribution in [0.25, 0.3) is 0 Å². The van der Waals surface area contributed by atoms with Gasteiger partial charge in [-0.2, -0.15) is 5.10 Å². The number of hydrogen-bond donors (Lipinski definition) is 0. The maximum Gasteiger partial charge on any atom is 0.210 e. The van der Waals surface area contributed by atoms with Crippen LogP contribution in [0.1, 0.15) is 20.8 Å². The Balaban J connectivity index is 2.10. The fourth-order valence-electron chi connectivity index (χ4n) is 1.40. The molecule has 18 heavy (non-hydrogen) atoms. The minimum atomic E-state index is -0.150. The summed E-state index contributed by atoms with van der Waals surface area (Å²) in [5, 5.41) is 8.09. The molecule has 7 heteroatoms. The smallest absolute Gasteiger partial charge is 0.210 e.